The minimum Gasteiger partial charge on any atom is -0.299 e. The summed E-state index contributed by atoms with van der Waals surface area (Å²) < 4.78 is 0. The second-order valence-electron chi connectivity index (χ2n) is 2.49. The topological polar surface area (TPSA) is 17.1 Å². The second-order valence-corrected chi connectivity index (χ2v) is 2.93. The number of carbonyl (C=O) groups is 1. The summed E-state index contributed by atoms with van der Waals surface area (Å²) in [7, 11) is 0. The maximum Gasteiger partial charge on any atom is 0.143 e. The molecule has 0 heterocycles. The van der Waals surface area contributed by atoms with Crippen molar-refractivity contribution in [2.45, 2.75) is 6.92 Å². The molecule has 0 aliphatic carbocycles. The van der Waals surface area contributed by atoms with Gasteiger partial charge in [-0.05, 0) is 36.3 Å². The molecule has 2 heteroatoms. The van der Waals surface area contributed by atoms with E-state index in [1.807, 2.05) is 19.1 Å². The first-order valence-electron chi connectivity index (χ1n) is 3.62. The van der Waals surface area contributed by atoms with Crippen LogP contribution in [0, 0.1) is 0 Å². The van der Waals surface area contributed by atoms with E-state index in [0.717, 1.165) is 17.4 Å². The van der Waals surface area contributed by atoms with Crippen LogP contribution < -0.4 is 0 Å². The zero-order valence-corrected chi connectivity index (χ0v) is 7.51. The smallest absolute Gasteiger partial charge is 0.143 e. The van der Waals surface area contributed by atoms with E-state index in [4.69, 9.17) is 11.6 Å². The van der Waals surface area contributed by atoms with Crippen LogP contribution in [0.2, 0.25) is 5.02 Å². The van der Waals surface area contributed by atoms with Gasteiger partial charge < -0.3 is 0 Å². The normalized spacial score (nSPS) is 11.3. The number of rotatable bonds is 2. The summed E-state index contributed by atoms with van der Waals surface area (Å²) in [6, 6.07) is 7.38. The van der Waals surface area contributed by atoms with Gasteiger partial charge in [0, 0.05) is 5.02 Å². The molecular weight excluding hydrogens is 172 g/mol. The van der Waals surface area contributed by atoms with E-state index in [1.165, 1.54) is 6.08 Å². The average Bonchev–Trinajstić information content (AvgIpc) is 2.06. The van der Waals surface area contributed by atoms with Gasteiger partial charge in [0.1, 0.15) is 6.29 Å². The summed E-state index contributed by atoms with van der Waals surface area (Å²) >= 11 is 5.70. The number of hydrogen-bond donors (Lipinski definition) is 0. The van der Waals surface area contributed by atoms with Crippen LogP contribution in [0.1, 0.15) is 12.5 Å². The lowest BCUT2D eigenvalue weighted by Crippen LogP contribution is -1.78. The Kier molecular flexibility index (Phi) is 3.06. The summed E-state index contributed by atoms with van der Waals surface area (Å²) in [4.78, 5) is 10.2. The number of benzene rings is 1. The average molecular weight is 181 g/mol. The molecular formula is C10H9ClO. The Morgan fingerprint density at radius 3 is 2.42 bits per heavy atom. The Morgan fingerprint density at radius 2 is 1.92 bits per heavy atom. The molecule has 0 radical (unpaired) electrons. The summed E-state index contributed by atoms with van der Waals surface area (Å²) in [6.07, 6.45) is 2.31. The fourth-order valence-corrected chi connectivity index (χ4v) is 1.04. The van der Waals surface area contributed by atoms with Crippen LogP contribution in [-0.2, 0) is 4.79 Å². The zero-order valence-electron chi connectivity index (χ0n) is 6.75. The molecule has 0 saturated carbocycles. The Labute approximate surface area is 76.7 Å². The van der Waals surface area contributed by atoms with Crippen LogP contribution in [-0.4, -0.2) is 6.29 Å². The highest BCUT2D eigenvalue weighted by Gasteiger charge is 1.93. The van der Waals surface area contributed by atoms with E-state index < -0.39 is 0 Å². The number of allylic oxidation sites excluding steroid dienone is 2. The Morgan fingerprint density at radius 1 is 1.33 bits per heavy atom. The van der Waals surface area contributed by atoms with Gasteiger partial charge in [-0.1, -0.05) is 23.7 Å². The lowest BCUT2D eigenvalue weighted by molar-refractivity contribution is -0.104. The predicted octanol–water partition coefficient (Wildman–Crippen LogP) is 2.94. The summed E-state index contributed by atoms with van der Waals surface area (Å²) in [6.45, 7) is 1.89. The summed E-state index contributed by atoms with van der Waals surface area (Å²) in [5.41, 5.74) is 1.97. The summed E-state index contributed by atoms with van der Waals surface area (Å²) in [5.74, 6) is 0. The van der Waals surface area contributed by atoms with Crippen molar-refractivity contribution in [2.75, 3.05) is 0 Å². The van der Waals surface area contributed by atoms with Crippen LogP contribution in [0.3, 0.4) is 0 Å². The first kappa shape index (κ1) is 9.01. The van der Waals surface area contributed by atoms with E-state index in [9.17, 15) is 4.79 Å². The molecule has 0 saturated heterocycles. The van der Waals surface area contributed by atoms with Crippen LogP contribution in [0.15, 0.2) is 30.3 Å². The van der Waals surface area contributed by atoms with Crippen LogP contribution in [0.25, 0.3) is 5.57 Å². The first-order valence-corrected chi connectivity index (χ1v) is 4.00. The molecule has 0 atom stereocenters. The predicted molar refractivity (Wildman–Crippen MR) is 51.2 cm³/mol. The monoisotopic (exact) mass is 180 g/mol. The lowest BCUT2D eigenvalue weighted by atomic mass is 10.1. The number of hydrogen-bond acceptors (Lipinski definition) is 1. The molecule has 0 bridgehead atoms. The highest BCUT2D eigenvalue weighted by molar-refractivity contribution is 6.30. The van der Waals surface area contributed by atoms with Crippen molar-refractivity contribution in [3.05, 3.63) is 40.9 Å². The Balaban J connectivity index is 2.97. The molecule has 62 valence electrons. The van der Waals surface area contributed by atoms with E-state index in [2.05, 4.69) is 0 Å². The number of aldehydes is 1. The molecule has 0 spiro atoms. The minimum absolute atomic E-state index is 0.706. The van der Waals surface area contributed by atoms with Crippen molar-refractivity contribution in [1.82, 2.24) is 0 Å². The molecule has 1 aromatic carbocycles. The van der Waals surface area contributed by atoms with Crippen LogP contribution in [0.5, 0.6) is 0 Å². The molecule has 0 aromatic heterocycles. The van der Waals surface area contributed by atoms with Crippen LogP contribution >= 0.6 is 11.6 Å². The van der Waals surface area contributed by atoms with Gasteiger partial charge in [0.15, 0.2) is 0 Å². The van der Waals surface area contributed by atoms with Gasteiger partial charge in [0.2, 0.25) is 0 Å². The third kappa shape index (κ3) is 2.21. The highest BCUT2D eigenvalue weighted by atomic mass is 35.5. The van der Waals surface area contributed by atoms with E-state index in [1.54, 1.807) is 12.1 Å². The third-order valence-corrected chi connectivity index (χ3v) is 1.87. The van der Waals surface area contributed by atoms with Gasteiger partial charge in [-0.3, -0.25) is 4.79 Å². The molecule has 0 N–H and O–H groups in total. The first-order chi connectivity index (χ1) is 5.74. The van der Waals surface area contributed by atoms with Gasteiger partial charge in [0.05, 0.1) is 0 Å². The standard InChI is InChI=1S/C10H9ClO/c1-8(6-7-12)9-2-4-10(11)5-3-9/h2-7H,1H3. The van der Waals surface area contributed by atoms with Crippen molar-refractivity contribution in [3.8, 4) is 0 Å². The zero-order chi connectivity index (χ0) is 8.97. The van der Waals surface area contributed by atoms with Gasteiger partial charge in [0.25, 0.3) is 0 Å². The fraction of sp³-hybridized carbons (Fsp3) is 0.100. The lowest BCUT2D eigenvalue weighted by Gasteiger charge is -1.98. The molecule has 1 rings (SSSR count). The van der Waals surface area contributed by atoms with E-state index >= 15 is 0 Å². The minimum atomic E-state index is 0.706. The summed E-state index contributed by atoms with van der Waals surface area (Å²) in [5, 5.41) is 0.706. The quantitative estimate of drug-likeness (QED) is 0.505. The second kappa shape index (κ2) is 4.07. The van der Waals surface area contributed by atoms with Gasteiger partial charge in [-0.25, -0.2) is 0 Å². The van der Waals surface area contributed by atoms with Crippen molar-refractivity contribution in [3.63, 3.8) is 0 Å². The molecule has 12 heavy (non-hydrogen) atoms. The number of halogens is 1. The number of carbonyl (C=O) groups excluding carboxylic acids is 1. The molecule has 0 unspecified atom stereocenters. The maximum atomic E-state index is 10.2. The van der Waals surface area contributed by atoms with Crippen molar-refractivity contribution in [2.24, 2.45) is 0 Å². The van der Waals surface area contributed by atoms with Crippen LogP contribution in [0.4, 0.5) is 0 Å². The molecule has 0 fully saturated rings. The van der Waals surface area contributed by atoms with Crippen molar-refractivity contribution >= 4 is 23.5 Å². The van der Waals surface area contributed by atoms with Crippen molar-refractivity contribution < 1.29 is 4.79 Å². The molecule has 0 amide bonds. The maximum absolute atomic E-state index is 10.2. The van der Waals surface area contributed by atoms with E-state index in [-0.39, 0.29) is 0 Å². The highest BCUT2D eigenvalue weighted by Crippen LogP contribution is 2.16. The molecule has 1 aromatic rings. The SMILES string of the molecule is CC(=CC=O)c1ccc(Cl)cc1. The Hall–Kier alpha value is -1.08. The largest absolute Gasteiger partial charge is 0.299 e. The van der Waals surface area contributed by atoms with Gasteiger partial charge >= 0.3 is 0 Å². The third-order valence-electron chi connectivity index (χ3n) is 1.62. The Bertz CT molecular complexity index is 298. The fourth-order valence-electron chi connectivity index (χ4n) is 0.911. The van der Waals surface area contributed by atoms with Crippen molar-refractivity contribution in [1.29, 1.82) is 0 Å². The molecule has 0 aliphatic heterocycles. The van der Waals surface area contributed by atoms with Gasteiger partial charge in [-0.2, -0.15) is 0 Å². The van der Waals surface area contributed by atoms with E-state index in [0.29, 0.717) is 5.02 Å². The molecule has 1 nitrogen and oxygen atoms in total. The molecule has 0 aliphatic rings. The van der Waals surface area contributed by atoms with Gasteiger partial charge in [-0.15, -0.1) is 0 Å².